The van der Waals surface area contributed by atoms with E-state index in [0.29, 0.717) is 23.0 Å². The molecule has 0 fully saturated rings. The smallest absolute Gasteiger partial charge is 0.337 e. The number of carboxylic acids is 1. The maximum absolute atomic E-state index is 11.0. The Labute approximate surface area is 110 Å². The van der Waals surface area contributed by atoms with E-state index in [0.717, 1.165) is 5.75 Å². The van der Waals surface area contributed by atoms with Gasteiger partial charge in [0.15, 0.2) is 0 Å². The molecule has 0 radical (unpaired) electrons. The van der Waals surface area contributed by atoms with Crippen LogP contribution in [0.3, 0.4) is 0 Å². The number of rotatable bonds is 6. The molecule has 0 atom stereocenters. The molecule has 2 N–H and O–H groups in total. The first-order valence-corrected chi connectivity index (χ1v) is 6.46. The first kappa shape index (κ1) is 13.8. The minimum absolute atomic E-state index is 0.180. The predicted octanol–water partition coefficient (Wildman–Crippen LogP) is 2.82. The highest BCUT2D eigenvalue weighted by Crippen LogP contribution is 2.20. The van der Waals surface area contributed by atoms with Gasteiger partial charge >= 0.3 is 5.97 Å². The summed E-state index contributed by atoms with van der Waals surface area (Å²) >= 11 is 7.36. The highest BCUT2D eigenvalue weighted by atomic mass is 35.5. The summed E-state index contributed by atoms with van der Waals surface area (Å²) < 4.78 is 0. The predicted molar refractivity (Wildman–Crippen MR) is 73.1 cm³/mol. The molecule has 0 aromatic heterocycles. The van der Waals surface area contributed by atoms with Gasteiger partial charge in [-0.15, -0.1) is 18.2 Å². The molecule has 0 saturated heterocycles. The fraction of sp³-hybridized carbons (Fsp3) is 0.250. The number of anilines is 1. The monoisotopic (exact) mass is 269 g/mol. The fourth-order valence-electron chi connectivity index (χ4n) is 1.24. The van der Waals surface area contributed by atoms with Crippen LogP contribution < -0.4 is 5.32 Å². The van der Waals surface area contributed by atoms with E-state index >= 15 is 0 Å². The molecule has 17 heavy (non-hydrogen) atoms. The van der Waals surface area contributed by atoms with Crippen molar-refractivity contribution in [3.8, 4) is 12.3 Å². The van der Waals surface area contributed by atoms with Crippen molar-refractivity contribution in [3.05, 3.63) is 28.8 Å². The molecule has 0 saturated carbocycles. The second-order valence-electron chi connectivity index (χ2n) is 3.18. The van der Waals surface area contributed by atoms with Crippen molar-refractivity contribution in [2.24, 2.45) is 0 Å². The molecule has 1 aromatic carbocycles. The lowest BCUT2D eigenvalue weighted by Crippen LogP contribution is -2.09. The summed E-state index contributed by atoms with van der Waals surface area (Å²) in [4.78, 5) is 11.0. The SMILES string of the molecule is C#CCSCCNc1ccc(Cl)cc1C(=O)O. The van der Waals surface area contributed by atoms with Gasteiger partial charge in [-0.2, -0.15) is 0 Å². The van der Waals surface area contributed by atoms with Crippen LogP contribution in [0, 0.1) is 12.3 Å². The van der Waals surface area contributed by atoms with Crippen molar-refractivity contribution in [2.75, 3.05) is 23.4 Å². The molecule has 0 heterocycles. The zero-order valence-corrected chi connectivity index (χ0v) is 10.6. The molecule has 5 heteroatoms. The van der Waals surface area contributed by atoms with Crippen molar-refractivity contribution in [1.29, 1.82) is 0 Å². The van der Waals surface area contributed by atoms with Crippen LogP contribution in [0.25, 0.3) is 0 Å². The average Bonchev–Trinajstić information content (AvgIpc) is 2.30. The quantitative estimate of drug-likeness (QED) is 0.616. The maximum atomic E-state index is 11.0. The summed E-state index contributed by atoms with van der Waals surface area (Å²) in [6, 6.07) is 4.75. The molecule has 0 spiro atoms. The van der Waals surface area contributed by atoms with Crippen molar-refractivity contribution in [1.82, 2.24) is 0 Å². The van der Waals surface area contributed by atoms with E-state index in [-0.39, 0.29) is 5.56 Å². The number of aromatic carboxylic acids is 1. The maximum Gasteiger partial charge on any atom is 0.337 e. The Kier molecular flexibility index (Phi) is 5.75. The lowest BCUT2D eigenvalue weighted by atomic mass is 10.2. The number of hydrogen-bond donors (Lipinski definition) is 2. The van der Waals surface area contributed by atoms with E-state index in [1.807, 2.05) is 0 Å². The number of thioether (sulfide) groups is 1. The number of carboxylic acid groups (broad SMARTS) is 1. The van der Waals surface area contributed by atoms with Gasteiger partial charge in [-0.25, -0.2) is 4.79 Å². The van der Waals surface area contributed by atoms with Crippen molar-refractivity contribution in [2.45, 2.75) is 0 Å². The highest BCUT2D eigenvalue weighted by Gasteiger charge is 2.09. The van der Waals surface area contributed by atoms with E-state index in [1.165, 1.54) is 6.07 Å². The standard InChI is InChI=1S/C12H12ClNO2S/c1-2-6-17-7-5-14-11-4-3-9(13)8-10(11)12(15)16/h1,3-4,8,14H,5-7H2,(H,15,16). The Morgan fingerprint density at radius 2 is 2.35 bits per heavy atom. The third kappa shape index (κ3) is 4.59. The third-order valence-electron chi connectivity index (χ3n) is 1.96. The summed E-state index contributed by atoms with van der Waals surface area (Å²) in [6.07, 6.45) is 5.12. The number of nitrogens with one attached hydrogen (secondary N) is 1. The molecular formula is C12H12ClNO2S. The Morgan fingerprint density at radius 3 is 3.00 bits per heavy atom. The molecule has 0 bridgehead atoms. The number of carbonyl (C=O) groups is 1. The number of halogens is 1. The summed E-state index contributed by atoms with van der Waals surface area (Å²) in [5, 5.41) is 12.5. The van der Waals surface area contributed by atoms with Crippen LogP contribution in [0.1, 0.15) is 10.4 Å². The van der Waals surface area contributed by atoms with Gasteiger partial charge in [0.05, 0.1) is 11.3 Å². The summed E-state index contributed by atoms with van der Waals surface area (Å²) in [5.74, 6) is 3.02. The number of terminal acetylenes is 1. The Balaban J connectivity index is 2.59. The van der Waals surface area contributed by atoms with E-state index < -0.39 is 5.97 Å². The van der Waals surface area contributed by atoms with Gasteiger partial charge in [0.1, 0.15) is 0 Å². The normalized spacial score (nSPS) is 9.65. The Hall–Kier alpha value is -1.31. The second kappa shape index (κ2) is 7.10. The van der Waals surface area contributed by atoms with Crippen LogP contribution in [-0.4, -0.2) is 29.1 Å². The van der Waals surface area contributed by atoms with Crippen LogP contribution in [0.15, 0.2) is 18.2 Å². The van der Waals surface area contributed by atoms with Gasteiger partial charge in [-0.1, -0.05) is 17.5 Å². The van der Waals surface area contributed by atoms with E-state index in [9.17, 15) is 4.79 Å². The van der Waals surface area contributed by atoms with Crippen molar-refractivity contribution < 1.29 is 9.90 Å². The van der Waals surface area contributed by atoms with Crippen LogP contribution in [0.5, 0.6) is 0 Å². The van der Waals surface area contributed by atoms with Gasteiger partial charge < -0.3 is 10.4 Å². The van der Waals surface area contributed by atoms with Gasteiger partial charge in [0, 0.05) is 23.0 Å². The summed E-state index contributed by atoms with van der Waals surface area (Å²) in [6.45, 7) is 0.661. The molecule has 0 aliphatic heterocycles. The zero-order valence-electron chi connectivity index (χ0n) is 9.07. The lowest BCUT2D eigenvalue weighted by Gasteiger charge is -2.09. The zero-order chi connectivity index (χ0) is 12.7. The molecule has 0 amide bonds. The Morgan fingerprint density at radius 1 is 1.59 bits per heavy atom. The minimum atomic E-state index is -0.994. The molecule has 1 aromatic rings. The van der Waals surface area contributed by atoms with Crippen LogP contribution >= 0.6 is 23.4 Å². The number of hydrogen-bond acceptors (Lipinski definition) is 3. The number of benzene rings is 1. The topological polar surface area (TPSA) is 49.3 Å². The lowest BCUT2D eigenvalue weighted by molar-refractivity contribution is 0.0698. The van der Waals surface area contributed by atoms with Crippen LogP contribution in [-0.2, 0) is 0 Å². The van der Waals surface area contributed by atoms with Crippen molar-refractivity contribution in [3.63, 3.8) is 0 Å². The highest BCUT2D eigenvalue weighted by molar-refractivity contribution is 7.99. The van der Waals surface area contributed by atoms with Crippen LogP contribution in [0.4, 0.5) is 5.69 Å². The van der Waals surface area contributed by atoms with Crippen molar-refractivity contribution >= 4 is 35.0 Å². The molecule has 90 valence electrons. The summed E-state index contributed by atoms with van der Waals surface area (Å²) in [5.41, 5.74) is 0.752. The van der Waals surface area contributed by atoms with Gasteiger partial charge in [-0.05, 0) is 18.2 Å². The third-order valence-corrected chi connectivity index (χ3v) is 3.06. The largest absolute Gasteiger partial charge is 0.478 e. The molecule has 0 aliphatic carbocycles. The summed E-state index contributed by atoms with van der Waals surface area (Å²) in [7, 11) is 0. The second-order valence-corrected chi connectivity index (χ2v) is 4.72. The van der Waals surface area contributed by atoms with E-state index in [1.54, 1.807) is 23.9 Å². The van der Waals surface area contributed by atoms with Gasteiger partial charge in [0.2, 0.25) is 0 Å². The molecule has 0 unspecified atom stereocenters. The molecule has 1 rings (SSSR count). The van der Waals surface area contributed by atoms with Crippen LogP contribution in [0.2, 0.25) is 5.02 Å². The van der Waals surface area contributed by atoms with Gasteiger partial charge in [-0.3, -0.25) is 0 Å². The van der Waals surface area contributed by atoms with E-state index in [2.05, 4.69) is 11.2 Å². The minimum Gasteiger partial charge on any atom is -0.478 e. The first-order valence-electron chi connectivity index (χ1n) is 4.93. The molecule has 3 nitrogen and oxygen atoms in total. The Bertz CT molecular complexity index is 443. The van der Waals surface area contributed by atoms with E-state index in [4.69, 9.17) is 23.1 Å². The van der Waals surface area contributed by atoms with Gasteiger partial charge in [0.25, 0.3) is 0 Å². The molecule has 0 aliphatic rings. The first-order chi connectivity index (χ1) is 8.15. The fourth-order valence-corrected chi connectivity index (χ4v) is 1.92. The molecular weight excluding hydrogens is 258 g/mol. The average molecular weight is 270 g/mol.